The van der Waals surface area contributed by atoms with E-state index in [0.717, 1.165) is 6.08 Å². The van der Waals surface area contributed by atoms with Crippen molar-refractivity contribution in [3.63, 3.8) is 0 Å². The van der Waals surface area contributed by atoms with Gasteiger partial charge in [0.15, 0.2) is 0 Å². The molecule has 0 aliphatic rings. The van der Waals surface area contributed by atoms with E-state index in [-0.39, 0.29) is 54.1 Å². The number of ether oxygens (including phenoxy) is 2. The van der Waals surface area contributed by atoms with Crippen molar-refractivity contribution >= 4 is 11.9 Å². The maximum Gasteiger partial charge on any atom is 1.00 e. The molecule has 0 spiro atoms. The summed E-state index contributed by atoms with van der Waals surface area (Å²) in [6.07, 6.45) is 0.820. The van der Waals surface area contributed by atoms with Gasteiger partial charge in [-0.1, -0.05) is 13.5 Å². The van der Waals surface area contributed by atoms with E-state index in [2.05, 4.69) is 16.1 Å². The van der Waals surface area contributed by atoms with Crippen molar-refractivity contribution in [2.45, 2.75) is 13.8 Å². The van der Waals surface area contributed by atoms with E-state index < -0.39 is 11.9 Å². The second-order valence-electron chi connectivity index (χ2n) is 2.84. The van der Waals surface area contributed by atoms with Crippen molar-refractivity contribution in [2.24, 2.45) is 0 Å². The molecule has 0 aliphatic carbocycles. The fourth-order valence-electron chi connectivity index (χ4n) is 0.607. The molecule has 0 rings (SSSR count). The Labute approximate surface area is 116 Å². The Morgan fingerprint density at radius 3 is 2.19 bits per heavy atom. The maximum absolute atomic E-state index is 10.8. The Balaban J connectivity index is 0. The average Bonchev–Trinajstić information content (AvgIpc) is 2.10. The molecule has 0 aromatic rings. The number of carbonyl (C=O) groups excluding carboxylic acids is 2. The van der Waals surface area contributed by atoms with E-state index in [0.29, 0.717) is 0 Å². The molecule has 5 nitrogen and oxygen atoms in total. The van der Waals surface area contributed by atoms with Crippen LogP contribution in [0.1, 0.15) is 13.8 Å². The van der Waals surface area contributed by atoms with Crippen LogP contribution in [-0.2, 0) is 19.1 Å². The largest absolute Gasteiger partial charge is 1.00 e. The normalized spacial score (nSPS) is 10.0. The summed E-state index contributed by atoms with van der Waals surface area (Å²) in [4.78, 5) is 21.6. The summed E-state index contributed by atoms with van der Waals surface area (Å²) in [6, 6.07) is 0. The van der Waals surface area contributed by atoms with Crippen molar-refractivity contribution < 1.29 is 53.7 Å². The van der Waals surface area contributed by atoms with Crippen LogP contribution in [0, 0.1) is 0 Å². The third-order valence-electron chi connectivity index (χ3n) is 1.23. The van der Waals surface area contributed by atoms with Crippen LogP contribution in [0.25, 0.3) is 0 Å². The van der Waals surface area contributed by atoms with Crippen LogP contribution in [0.15, 0.2) is 24.0 Å². The van der Waals surface area contributed by atoms with Crippen molar-refractivity contribution in [2.75, 3.05) is 13.2 Å². The molecule has 0 saturated carbocycles. The van der Waals surface area contributed by atoms with E-state index in [1.165, 1.54) is 13.8 Å². The SMILES string of the molecule is C=C(C)C(=O)OCCOC(=O)/C=C(\C)[O-].[Na+]. The molecule has 0 bridgehead atoms. The Hall–Kier alpha value is -0.780. The predicted molar refractivity (Wildman–Crippen MR) is 50.5 cm³/mol. The van der Waals surface area contributed by atoms with Crippen LogP contribution < -0.4 is 34.7 Å². The zero-order valence-corrected chi connectivity index (χ0v) is 11.7. The molecule has 0 unspecified atom stereocenters. The number of rotatable bonds is 5. The quantitative estimate of drug-likeness (QED) is 0.166. The zero-order valence-electron chi connectivity index (χ0n) is 9.74. The first-order valence-electron chi connectivity index (χ1n) is 4.28. The minimum Gasteiger partial charge on any atom is -0.875 e. The first-order chi connectivity index (χ1) is 6.93. The molecule has 0 radical (unpaired) electrons. The summed E-state index contributed by atoms with van der Waals surface area (Å²) in [5, 5.41) is 10.4. The molecule has 0 N–H and O–H groups in total. The van der Waals surface area contributed by atoms with Gasteiger partial charge in [-0.05, 0) is 6.92 Å². The van der Waals surface area contributed by atoms with E-state index in [1.54, 1.807) is 0 Å². The van der Waals surface area contributed by atoms with Gasteiger partial charge in [-0.2, -0.15) is 0 Å². The minimum absolute atomic E-state index is 0. The van der Waals surface area contributed by atoms with Crippen molar-refractivity contribution in [3.8, 4) is 0 Å². The first kappa shape index (κ1) is 17.6. The first-order valence-corrected chi connectivity index (χ1v) is 4.28. The van der Waals surface area contributed by atoms with Crippen LogP contribution in [0.5, 0.6) is 0 Å². The number of esters is 2. The predicted octanol–water partition coefficient (Wildman–Crippen LogP) is -3.08. The summed E-state index contributed by atoms with van der Waals surface area (Å²) in [6.45, 7) is 5.99. The van der Waals surface area contributed by atoms with Crippen LogP contribution in [0.2, 0.25) is 0 Å². The fraction of sp³-hybridized carbons (Fsp3) is 0.400. The van der Waals surface area contributed by atoms with Gasteiger partial charge in [0.1, 0.15) is 13.2 Å². The number of hydrogen-bond acceptors (Lipinski definition) is 5. The molecule has 0 aromatic carbocycles. The number of allylic oxidation sites excluding steroid dienone is 1. The fourth-order valence-corrected chi connectivity index (χ4v) is 0.607. The van der Waals surface area contributed by atoms with Gasteiger partial charge in [0.25, 0.3) is 0 Å². The van der Waals surface area contributed by atoms with Crippen LogP contribution >= 0.6 is 0 Å². The molecule has 16 heavy (non-hydrogen) atoms. The summed E-state index contributed by atoms with van der Waals surface area (Å²) in [5.74, 6) is -1.67. The maximum atomic E-state index is 10.8. The average molecular weight is 236 g/mol. The second-order valence-corrected chi connectivity index (χ2v) is 2.84. The molecule has 0 atom stereocenters. The molecule has 0 aliphatic heterocycles. The Bertz CT molecular complexity index is 292. The Kier molecular flexibility index (Phi) is 10.4. The van der Waals surface area contributed by atoms with E-state index in [9.17, 15) is 14.7 Å². The molecule has 0 saturated heterocycles. The third-order valence-corrected chi connectivity index (χ3v) is 1.23. The Morgan fingerprint density at radius 1 is 1.25 bits per heavy atom. The van der Waals surface area contributed by atoms with E-state index >= 15 is 0 Å². The van der Waals surface area contributed by atoms with E-state index in [4.69, 9.17) is 0 Å². The van der Waals surface area contributed by atoms with Crippen LogP contribution in [0.4, 0.5) is 0 Å². The van der Waals surface area contributed by atoms with Gasteiger partial charge >= 0.3 is 41.5 Å². The zero-order chi connectivity index (χ0) is 11.8. The monoisotopic (exact) mass is 236 g/mol. The van der Waals surface area contributed by atoms with Crippen LogP contribution in [0.3, 0.4) is 0 Å². The molecular weight excluding hydrogens is 223 g/mol. The van der Waals surface area contributed by atoms with Crippen molar-refractivity contribution in [1.29, 1.82) is 0 Å². The summed E-state index contributed by atoms with van der Waals surface area (Å²) in [5.41, 5.74) is 0.275. The van der Waals surface area contributed by atoms with E-state index in [1.807, 2.05) is 0 Å². The van der Waals surface area contributed by atoms with Crippen LogP contribution in [-0.4, -0.2) is 25.2 Å². The summed E-state index contributed by atoms with van der Waals surface area (Å²) < 4.78 is 9.21. The van der Waals surface area contributed by atoms with Gasteiger partial charge in [0, 0.05) is 11.6 Å². The third kappa shape index (κ3) is 9.76. The van der Waals surface area contributed by atoms with Gasteiger partial charge in [0.05, 0.1) is 0 Å². The van der Waals surface area contributed by atoms with Crippen molar-refractivity contribution in [3.05, 3.63) is 24.0 Å². The van der Waals surface area contributed by atoms with Crippen molar-refractivity contribution in [1.82, 2.24) is 0 Å². The standard InChI is InChI=1S/C10H14O5.Na/c1-7(2)10(13)15-5-4-14-9(12)6-8(3)11;/h6,11H,1,4-5H2,2-3H3;/q;+1/p-1/b8-6+;. The second kappa shape index (κ2) is 9.45. The molecule has 0 heterocycles. The Morgan fingerprint density at radius 2 is 1.75 bits per heavy atom. The van der Waals surface area contributed by atoms with Gasteiger partial charge in [-0.15, -0.1) is 5.76 Å². The molecule has 84 valence electrons. The smallest absolute Gasteiger partial charge is 0.875 e. The molecule has 0 amide bonds. The van der Waals surface area contributed by atoms with Gasteiger partial charge in [-0.25, -0.2) is 9.59 Å². The topological polar surface area (TPSA) is 75.7 Å². The van der Waals surface area contributed by atoms with Gasteiger partial charge < -0.3 is 14.6 Å². The summed E-state index contributed by atoms with van der Waals surface area (Å²) >= 11 is 0. The molecule has 6 heteroatoms. The molecular formula is C10H13NaO5. The number of hydrogen-bond donors (Lipinski definition) is 0. The number of carbonyl (C=O) groups is 2. The minimum atomic E-state index is -0.742. The summed E-state index contributed by atoms with van der Waals surface area (Å²) in [7, 11) is 0. The van der Waals surface area contributed by atoms with Gasteiger partial charge in [-0.3, -0.25) is 0 Å². The molecule has 0 aromatic heterocycles. The van der Waals surface area contributed by atoms with Gasteiger partial charge in [0.2, 0.25) is 0 Å². The molecule has 0 fully saturated rings.